The number of amides is 1. The van der Waals surface area contributed by atoms with Crippen LogP contribution in [0.5, 0.6) is 5.75 Å². The maximum atomic E-state index is 10.8. The molecule has 0 spiro atoms. The largest absolute Gasteiger partial charge is 0.484 e. The Kier molecular flexibility index (Phi) is 8.62. The summed E-state index contributed by atoms with van der Waals surface area (Å²) in [6.45, 7) is 2.88. The summed E-state index contributed by atoms with van der Waals surface area (Å²) >= 11 is 0. The van der Waals surface area contributed by atoms with Gasteiger partial charge in [0.25, 0.3) is 5.91 Å². The molecule has 0 bridgehead atoms. The van der Waals surface area contributed by atoms with E-state index < -0.39 is 5.91 Å². The molecule has 1 aliphatic heterocycles. The van der Waals surface area contributed by atoms with Crippen molar-refractivity contribution in [3.63, 3.8) is 0 Å². The van der Waals surface area contributed by atoms with E-state index in [0.29, 0.717) is 18.3 Å². The quantitative estimate of drug-likeness (QED) is 0.308. The van der Waals surface area contributed by atoms with Gasteiger partial charge in [-0.2, -0.15) is 0 Å². The van der Waals surface area contributed by atoms with E-state index in [1.807, 2.05) is 24.3 Å². The molecule has 0 aromatic heterocycles. The highest BCUT2D eigenvalue weighted by Gasteiger charge is 2.31. The Balaban J connectivity index is 0.00000261. The first-order valence-corrected chi connectivity index (χ1v) is 9.35. The van der Waals surface area contributed by atoms with Gasteiger partial charge in [-0.25, -0.2) is 0 Å². The van der Waals surface area contributed by atoms with Gasteiger partial charge in [0, 0.05) is 38.8 Å². The predicted octanol–water partition coefficient (Wildman–Crippen LogP) is 1.46. The van der Waals surface area contributed by atoms with Gasteiger partial charge < -0.3 is 26.0 Å². The van der Waals surface area contributed by atoms with Crippen molar-refractivity contribution in [1.82, 2.24) is 15.5 Å². The maximum Gasteiger partial charge on any atom is 0.255 e. The number of primary amides is 1. The zero-order chi connectivity index (χ0) is 18.4. The van der Waals surface area contributed by atoms with Gasteiger partial charge in [0.1, 0.15) is 5.75 Å². The Bertz CT molecular complexity index is 643. The Morgan fingerprint density at radius 2 is 2.04 bits per heavy atom. The molecule has 2 aliphatic rings. The number of nitrogens with zero attached hydrogens (tertiary/aromatic N) is 2. The number of aliphatic imine (C=N–C) groups is 1. The summed E-state index contributed by atoms with van der Waals surface area (Å²) < 4.78 is 5.34. The summed E-state index contributed by atoms with van der Waals surface area (Å²) in [4.78, 5) is 17.8. The molecule has 3 rings (SSSR count). The molecule has 1 aromatic rings. The van der Waals surface area contributed by atoms with Crippen LogP contribution in [0.2, 0.25) is 0 Å². The summed E-state index contributed by atoms with van der Waals surface area (Å²) in [5.41, 5.74) is 6.16. The van der Waals surface area contributed by atoms with E-state index in [2.05, 4.69) is 20.5 Å². The topological polar surface area (TPSA) is 92.0 Å². The highest BCUT2D eigenvalue weighted by molar-refractivity contribution is 14.0. The van der Waals surface area contributed by atoms with Crippen LogP contribution in [0.4, 0.5) is 0 Å². The smallest absolute Gasteiger partial charge is 0.255 e. The van der Waals surface area contributed by atoms with Crippen molar-refractivity contribution < 1.29 is 9.53 Å². The third kappa shape index (κ3) is 7.17. The fraction of sp³-hybridized carbons (Fsp3) is 0.579. The van der Waals surface area contributed by atoms with Gasteiger partial charge in [-0.3, -0.25) is 9.79 Å². The molecule has 27 heavy (non-hydrogen) atoms. The molecule has 8 heteroatoms. The third-order valence-corrected chi connectivity index (χ3v) is 4.90. The Hall–Kier alpha value is -1.55. The molecule has 1 aromatic carbocycles. The van der Waals surface area contributed by atoms with Gasteiger partial charge in [0.05, 0.1) is 0 Å². The van der Waals surface area contributed by atoms with Gasteiger partial charge in [0.15, 0.2) is 12.6 Å². The lowest BCUT2D eigenvalue weighted by molar-refractivity contribution is -0.119. The third-order valence-electron chi connectivity index (χ3n) is 4.90. The lowest BCUT2D eigenvalue weighted by atomic mass is 10.1. The fourth-order valence-electron chi connectivity index (χ4n) is 3.32. The van der Waals surface area contributed by atoms with Crippen molar-refractivity contribution in [3.8, 4) is 5.75 Å². The van der Waals surface area contributed by atoms with Crippen LogP contribution in [-0.2, 0) is 11.3 Å². The van der Waals surface area contributed by atoms with E-state index in [1.165, 1.54) is 25.9 Å². The van der Waals surface area contributed by atoms with Crippen LogP contribution in [0.3, 0.4) is 0 Å². The van der Waals surface area contributed by atoms with Crippen LogP contribution in [0.1, 0.15) is 31.2 Å². The lowest BCUT2D eigenvalue weighted by Gasteiger charge is -2.33. The second kappa shape index (κ2) is 10.7. The number of benzene rings is 1. The average molecular weight is 487 g/mol. The number of hydrogen-bond donors (Lipinski definition) is 3. The number of hydrogen-bond acceptors (Lipinski definition) is 4. The number of carbonyl (C=O) groups excluding carboxylic acids is 1. The molecule has 1 amide bonds. The number of guanidine groups is 1. The molecule has 150 valence electrons. The van der Waals surface area contributed by atoms with E-state index in [4.69, 9.17) is 10.5 Å². The Labute approximate surface area is 178 Å². The van der Waals surface area contributed by atoms with Crippen LogP contribution in [-0.4, -0.2) is 55.6 Å². The highest BCUT2D eigenvalue weighted by Crippen LogP contribution is 2.29. The second-order valence-corrected chi connectivity index (χ2v) is 7.01. The molecule has 0 radical (unpaired) electrons. The number of likely N-dealkylation sites (tertiary alicyclic amines) is 1. The number of piperidine rings is 1. The molecular weight excluding hydrogens is 457 g/mol. The zero-order valence-electron chi connectivity index (χ0n) is 15.8. The summed E-state index contributed by atoms with van der Waals surface area (Å²) in [7, 11) is 1.79. The molecule has 0 unspecified atom stereocenters. The molecule has 4 N–H and O–H groups in total. The minimum atomic E-state index is -0.481. The minimum Gasteiger partial charge on any atom is -0.484 e. The number of nitrogens with two attached hydrogens (primary N) is 1. The van der Waals surface area contributed by atoms with E-state index in [9.17, 15) is 4.79 Å². The summed E-state index contributed by atoms with van der Waals surface area (Å²) in [6.07, 6.45) is 5.08. The first-order valence-electron chi connectivity index (χ1n) is 9.35. The molecule has 2 fully saturated rings. The number of rotatable bonds is 7. The van der Waals surface area contributed by atoms with Crippen molar-refractivity contribution in [2.45, 2.75) is 44.3 Å². The van der Waals surface area contributed by atoms with Crippen molar-refractivity contribution in [2.75, 3.05) is 26.7 Å². The summed E-state index contributed by atoms with van der Waals surface area (Å²) in [5.74, 6) is 0.975. The standard InChI is InChI=1S/C19H29N5O2.HI/c1-21-19(23-15-7-9-24(10-8-15)16-5-6-16)22-12-14-3-2-4-17(11-14)26-13-18(20)25;/h2-4,11,15-16H,5-10,12-13H2,1H3,(H2,20,25)(H2,21,22,23);1H. The van der Waals surface area contributed by atoms with Crippen molar-refractivity contribution in [1.29, 1.82) is 0 Å². The molecule has 0 atom stereocenters. The predicted molar refractivity (Wildman–Crippen MR) is 117 cm³/mol. The van der Waals surface area contributed by atoms with Gasteiger partial charge >= 0.3 is 0 Å². The number of ether oxygens (including phenoxy) is 1. The van der Waals surface area contributed by atoms with Gasteiger partial charge in [0.2, 0.25) is 0 Å². The van der Waals surface area contributed by atoms with Crippen molar-refractivity contribution >= 4 is 35.8 Å². The number of halogens is 1. The molecular formula is C19H30IN5O2. The van der Waals surface area contributed by atoms with Gasteiger partial charge in [-0.05, 0) is 43.4 Å². The van der Waals surface area contributed by atoms with Crippen LogP contribution in [0.15, 0.2) is 29.3 Å². The van der Waals surface area contributed by atoms with Gasteiger partial charge in [-0.15, -0.1) is 24.0 Å². The number of carbonyl (C=O) groups is 1. The number of nitrogens with one attached hydrogen (secondary N) is 2. The highest BCUT2D eigenvalue weighted by atomic mass is 127. The zero-order valence-corrected chi connectivity index (χ0v) is 18.1. The van der Waals surface area contributed by atoms with Crippen LogP contribution >= 0.6 is 24.0 Å². The molecule has 1 saturated carbocycles. The average Bonchev–Trinajstić information content (AvgIpc) is 3.49. The van der Waals surface area contributed by atoms with E-state index in [-0.39, 0.29) is 30.6 Å². The van der Waals surface area contributed by atoms with Crippen LogP contribution in [0, 0.1) is 0 Å². The van der Waals surface area contributed by atoms with Crippen LogP contribution in [0.25, 0.3) is 0 Å². The monoisotopic (exact) mass is 487 g/mol. The molecule has 7 nitrogen and oxygen atoms in total. The summed E-state index contributed by atoms with van der Waals surface area (Å²) in [6, 6.07) is 8.95. The first-order chi connectivity index (χ1) is 12.6. The van der Waals surface area contributed by atoms with Crippen molar-refractivity contribution in [2.24, 2.45) is 10.7 Å². The van der Waals surface area contributed by atoms with E-state index in [0.717, 1.165) is 30.4 Å². The Morgan fingerprint density at radius 3 is 2.67 bits per heavy atom. The molecule has 1 aliphatic carbocycles. The molecule has 1 saturated heterocycles. The minimum absolute atomic E-state index is 0. The van der Waals surface area contributed by atoms with E-state index in [1.54, 1.807) is 7.05 Å². The summed E-state index contributed by atoms with van der Waals surface area (Å²) in [5, 5.41) is 6.88. The van der Waals surface area contributed by atoms with Gasteiger partial charge in [-0.1, -0.05) is 12.1 Å². The van der Waals surface area contributed by atoms with Crippen molar-refractivity contribution in [3.05, 3.63) is 29.8 Å². The Morgan fingerprint density at radius 1 is 1.30 bits per heavy atom. The normalized spacial score (nSPS) is 18.5. The lowest BCUT2D eigenvalue weighted by Crippen LogP contribution is -2.48. The molecule has 1 heterocycles. The second-order valence-electron chi connectivity index (χ2n) is 7.01. The fourth-order valence-corrected chi connectivity index (χ4v) is 3.32. The van der Waals surface area contributed by atoms with E-state index >= 15 is 0 Å². The maximum absolute atomic E-state index is 10.8. The van der Waals surface area contributed by atoms with Crippen LogP contribution < -0.4 is 21.1 Å². The first kappa shape index (κ1) is 21.7. The SMILES string of the molecule is CN=C(NCc1cccc(OCC(N)=O)c1)NC1CCN(C2CC2)CC1.I.